The van der Waals surface area contributed by atoms with Crippen molar-refractivity contribution >= 4 is 40.3 Å². The summed E-state index contributed by atoms with van der Waals surface area (Å²) >= 11 is 0. The van der Waals surface area contributed by atoms with Crippen molar-refractivity contribution in [3.05, 3.63) is 126 Å². The number of nitrogen functional groups attached to an aromatic ring is 2. The second-order valence-corrected chi connectivity index (χ2v) is 7.19. The standard InChI is InChI=1S/C14H11N3O.C13H12N2O/c1-16-12-6-2-4-10(8-12)14(18)17-13-7-3-5-11(15)9-13;14-11-7-4-8-12(9-11)15-13(16)10-5-2-1-3-6-10/h2-9H,15H2,(H,17,18);1-9H,14H2,(H,15,16). The number of carbonyl (C=O) groups is 2. The van der Waals surface area contributed by atoms with Crippen molar-refractivity contribution in [1.82, 2.24) is 0 Å². The third-order valence-corrected chi connectivity index (χ3v) is 4.56. The lowest BCUT2D eigenvalue weighted by Gasteiger charge is -2.06. The molecule has 4 rings (SSSR count). The summed E-state index contributed by atoms with van der Waals surface area (Å²) in [5.74, 6) is -0.391. The Hall–Kier alpha value is -5.09. The molecule has 0 aliphatic carbocycles. The average Bonchev–Trinajstić information content (AvgIpc) is 2.85. The number of hydrogen-bond donors (Lipinski definition) is 4. The van der Waals surface area contributed by atoms with E-state index in [0.717, 1.165) is 0 Å². The van der Waals surface area contributed by atoms with E-state index in [1.807, 2.05) is 18.2 Å². The van der Waals surface area contributed by atoms with Gasteiger partial charge >= 0.3 is 0 Å². The predicted molar refractivity (Wildman–Crippen MR) is 137 cm³/mol. The molecule has 0 spiro atoms. The zero-order chi connectivity index (χ0) is 24.3. The molecule has 6 N–H and O–H groups in total. The molecule has 0 saturated carbocycles. The monoisotopic (exact) mass is 449 g/mol. The molecule has 0 saturated heterocycles. The first-order valence-electron chi connectivity index (χ1n) is 10.3. The molecule has 2 amide bonds. The Morgan fingerprint density at radius 1 is 0.618 bits per heavy atom. The summed E-state index contributed by atoms with van der Waals surface area (Å²) in [6.45, 7) is 6.91. The quantitative estimate of drug-likeness (QED) is 0.240. The van der Waals surface area contributed by atoms with Gasteiger partial charge in [-0.2, -0.15) is 0 Å². The van der Waals surface area contributed by atoms with Crippen molar-refractivity contribution in [3.63, 3.8) is 0 Å². The summed E-state index contributed by atoms with van der Waals surface area (Å²) in [7, 11) is 0. The van der Waals surface area contributed by atoms with E-state index in [4.69, 9.17) is 18.0 Å². The number of rotatable bonds is 4. The fraction of sp³-hybridized carbons (Fsp3) is 0. The SMILES string of the molecule is Nc1cccc(NC(=O)c2ccccc2)c1.[C-]#[N+]c1cccc(C(=O)Nc2cccc(N)c2)c1. The summed E-state index contributed by atoms with van der Waals surface area (Å²) in [4.78, 5) is 27.0. The molecule has 34 heavy (non-hydrogen) atoms. The van der Waals surface area contributed by atoms with Gasteiger partial charge in [0.05, 0.1) is 6.57 Å². The molecule has 0 bridgehead atoms. The average molecular weight is 450 g/mol. The first-order chi connectivity index (χ1) is 16.4. The molecule has 0 unspecified atom stereocenters. The minimum absolute atomic E-state index is 0.133. The van der Waals surface area contributed by atoms with E-state index < -0.39 is 0 Å². The molecule has 0 atom stereocenters. The number of nitrogens with one attached hydrogen (secondary N) is 2. The number of carbonyl (C=O) groups excluding carboxylic acids is 2. The molecule has 0 aliphatic heterocycles. The van der Waals surface area contributed by atoms with Crippen LogP contribution in [-0.4, -0.2) is 11.8 Å². The van der Waals surface area contributed by atoms with Crippen LogP contribution in [0.15, 0.2) is 103 Å². The van der Waals surface area contributed by atoms with Crippen LogP contribution in [0.25, 0.3) is 4.85 Å². The van der Waals surface area contributed by atoms with Crippen molar-refractivity contribution < 1.29 is 9.59 Å². The van der Waals surface area contributed by atoms with Crippen LogP contribution in [0.3, 0.4) is 0 Å². The Balaban J connectivity index is 0.000000192. The zero-order valence-corrected chi connectivity index (χ0v) is 18.2. The molecule has 0 radical (unpaired) electrons. The second kappa shape index (κ2) is 11.5. The van der Waals surface area contributed by atoms with Crippen molar-refractivity contribution in [2.45, 2.75) is 0 Å². The fourth-order valence-corrected chi connectivity index (χ4v) is 2.95. The fourth-order valence-electron chi connectivity index (χ4n) is 2.95. The summed E-state index contributed by atoms with van der Waals surface area (Å²) in [5.41, 5.74) is 15.3. The molecule has 4 aromatic carbocycles. The van der Waals surface area contributed by atoms with E-state index in [1.54, 1.807) is 84.9 Å². The van der Waals surface area contributed by atoms with Gasteiger partial charge in [0.1, 0.15) is 0 Å². The minimum Gasteiger partial charge on any atom is -0.399 e. The Kier molecular flexibility index (Phi) is 7.98. The first-order valence-corrected chi connectivity index (χ1v) is 10.3. The highest BCUT2D eigenvalue weighted by atomic mass is 16.2. The molecule has 0 aromatic heterocycles. The van der Waals surface area contributed by atoms with Crippen molar-refractivity contribution in [2.75, 3.05) is 22.1 Å². The highest BCUT2D eigenvalue weighted by Gasteiger charge is 2.07. The van der Waals surface area contributed by atoms with Gasteiger partial charge in [0.2, 0.25) is 0 Å². The van der Waals surface area contributed by atoms with E-state index in [-0.39, 0.29) is 11.8 Å². The zero-order valence-electron chi connectivity index (χ0n) is 18.2. The van der Waals surface area contributed by atoms with Crippen LogP contribution < -0.4 is 22.1 Å². The number of hydrogen-bond acceptors (Lipinski definition) is 4. The maximum Gasteiger partial charge on any atom is 0.255 e. The second-order valence-electron chi connectivity index (χ2n) is 7.19. The number of anilines is 4. The summed E-state index contributed by atoms with van der Waals surface area (Å²) in [5, 5.41) is 5.51. The van der Waals surface area contributed by atoms with Gasteiger partial charge in [-0.3, -0.25) is 9.59 Å². The van der Waals surface area contributed by atoms with Gasteiger partial charge in [0.15, 0.2) is 5.69 Å². The van der Waals surface area contributed by atoms with Gasteiger partial charge in [-0.15, -0.1) is 0 Å². The number of benzene rings is 4. The van der Waals surface area contributed by atoms with Gasteiger partial charge in [0, 0.05) is 33.9 Å². The van der Waals surface area contributed by atoms with Gasteiger partial charge in [0.25, 0.3) is 11.8 Å². The van der Waals surface area contributed by atoms with E-state index in [2.05, 4.69) is 15.5 Å². The van der Waals surface area contributed by atoms with Crippen LogP contribution in [-0.2, 0) is 0 Å². The first kappa shape index (κ1) is 23.6. The highest BCUT2D eigenvalue weighted by molar-refractivity contribution is 6.05. The van der Waals surface area contributed by atoms with Crippen molar-refractivity contribution in [2.24, 2.45) is 0 Å². The minimum atomic E-state index is -0.258. The molecule has 0 heterocycles. The third kappa shape index (κ3) is 6.97. The molecule has 7 heteroatoms. The Morgan fingerprint density at radius 3 is 1.65 bits per heavy atom. The maximum absolute atomic E-state index is 11.9. The lowest BCUT2D eigenvalue weighted by atomic mass is 10.2. The lowest BCUT2D eigenvalue weighted by Crippen LogP contribution is -2.11. The molecular weight excluding hydrogens is 426 g/mol. The Bertz CT molecular complexity index is 1330. The topological polar surface area (TPSA) is 115 Å². The summed E-state index contributed by atoms with van der Waals surface area (Å²) in [6, 6.07) is 29.7. The van der Waals surface area contributed by atoms with Gasteiger partial charge in [-0.1, -0.05) is 48.5 Å². The number of nitrogens with two attached hydrogens (primary N) is 2. The van der Waals surface area contributed by atoms with Crippen molar-refractivity contribution in [3.8, 4) is 0 Å². The van der Waals surface area contributed by atoms with Crippen LogP contribution in [0.4, 0.5) is 28.4 Å². The highest BCUT2D eigenvalue weighted by Crippen LogP contribution is 2.17. The summed E-state index contributed by atoms with van der Waals surface area (Å²) in [6.07, 6.45) is 0. The van der Waals surface area contributed by atoms with Gasteiger partial charge in [-0.25, -0.2) is 4.85 Å². The van der Waals surface area contributed by atoms with E-state index >= 15 is 0 Å². The third-order valence-electron chi connectivity index (χ3n) is 4.56. The van der Waals surface area contributed by atoms with E-state index in [0.29, 0.717) is 39.6 Å². The maximum atomic E-state index is 11.9. The molecule has 168 valence electrons. The summed E-state index contributed by atoms with van der Waals surface area (Å²) < 4.78 is 0. The molecular formula is C27H23N5O2. The van der Waals surface area contributed by atoms with Crippen molar-refractivity contribution in [1.29, 1.82) is 0 Å². The largest absolute Gasteiger partial charge is 0.399 e. The van der Waals surface area contributed by atoms with Crippen LogP contribution in [0.1, 0.15) is 20.7 Å². The Morgan fingerprint density at radius 2 is 1.12 bits per heavy atom. The Labute approximate surface area is 197 Å². The molecule has 0 aliphatic rings. The number of amides is 2. The normalized spacial score (nSPS) is 9.62. The predicted octanol–water partition coefficient (Wildman–Crippen LogP) is 5.59. The van der Waals surface area contributed by atoms with Gasteiger partial charge < -0.3 is 22.1 Å². The lowest BCUT2D eigenvalue weighted by molar-refractivity contribution is 0.101. The van der Waals surface area contributed by atoms with E-state index in [9.17, 15) is 9.59 Å². The smallest absolute Gasteiger partial charge is 0.255 e. The van der Waals surface area contributed by atoms with Crippen LogP contribution in [0.5, 0.6) is 0 Å². The van der Waals surface area contributed by atoms with Gasteiger partial charge in [-0.05, 0) is 54.6 Å². The molecule has 0 fully saturated rings. The molecule has 7 nitrogen and oxygen atoms in total. The number of nitrogens with zero attached hydrogens (tertiary/aromatic N) is 1. The van der Waals surface area contributed by atoms with Crippen LogP contribution in [0.2, 0.25) is 0 Å². The van der Waals surface area contributed by atoms with Crippen LogP contribution in [0, 0.1) is 6.57 Å². The van der Waals surface area contributed by atoms with E-state index in [1.165, 1.54) is 0 Å². The molecule has 4 aromatic rings. The van der Waals surface area contributed by atoms with Crippen LogP contribution >= 0.6 is 0 Å².